The number of carbonyl (C=O) groups excluding carboxylic acids is 1. The molecular weight excluding hydrogens is 442 g/mol. The van der Waals surface area contributed by atoms with Gasteiger partial charge >= 0.3 is 0 Å². The van der Waals surface area contributed by atoms with Gasteiger partial charge in [0.2, 0.25) is 5.95 Å². The number of nitrogens with zero attached hydrogens (tertiary/aromatic N) is 5. The Balaban J connectivity index is 1.52. The van der Waals surface area contributed by atoms with Crippen LogP contribution >= 0.6 is 23.1 Å². The Hall–Kier alpha value is -2.43. The second kappa shape index (κ2) is 9.60. The summed E-state index contributed by atoms with van der Waals surface area (Å²) >= 11 is 3.64. The van der Waals surface area contributed by atoms with Gasteiger partial charge in [0.15, 0.2) is 0 Å². The minimum absolute atomic E-state index is 0.111. The molecule has 0 bridgehead atoms. The van der Waals surface area contributed by atoms with E-state index in [9.17, 15) is 4.79 Å². The normalized spacial score (nSPS) is 19.0. The Morgan fingerprint density at radius 3 is 2.81 bits per heavy atom. The number of amides is 1. The van der Waals surface area contributed by atoms with Gasteiger partial charge in [-0.25, -0.2) is 9.97 Å². The highest BCUT2D eigenvalue weighted by Gasteiger charge is 2.44. The molecule has 4 rings (SSSR count). The first-order valence-electron chi connectivity index (χ1n) is 10.7. The highest BCUT2D eigenvalue weighted by atomic mass is 32.2. The zero-order valence-corrected chi connectivity index (χ0v) is 20.3. The molecule has 3 N–H and O–H groups in total. The molecule has 0 radical (unpaired) electrons. The molecule has 10 heteroatoms. The average Bonchev–Trinajstić information content (AvgIpc) is 3.32. The van der Waals surface area contributed by atoms with Crippen molar-refractivity contribution in [2.45, 2.75) is 19.4 Å². The Kier molecular flexibility index (Phi) is 6.82. The van der Waals surface area contributed by atoms with Crippen molar-refractivity contribution in [3.8, 4) is 10.6 Å². The Morgan fingerprint density at radius 1 is 1.34 bits per heavy atom. The summed E-state index contributed by atoms with van der Waals surface area (Å²) in [5.41, 5.74) is 6.69. The number of thiophene rings is 1. The van der Waals surface area contributed by atoms with Gasteiger partial charge in [-0.2, -0.15) is 11.8 Å². The number of amidine groups is 1. The van der Waals surface area contributed by atoms with Crippen LogP contribution in [0.2, 0.25) is 0 Å². The molecular formula is C22H29N7OS2. The molecule has 4 heterocycles. The van der Waals surface area contributed by atoms with Gasteiger partial charge in [-0.05, 0) is 38.3 Å². The summed E-state index contributed by atoms with van der Waals surface area (Å²) in [6.07, 6.45) is 4.76. The topological polar surface area (TPSA) is 99.7 Å². The number of fused-ring (bicyclic) bond motifs is 1. The van der Waals surface area contributed by atoms with E-state index in [-0.39, 0.29) is 11.4 Å². The molecule has 1 fully saturated rings. The average molecular weight is 472 g/mol. The molecule has 32 heavy (non-hydrogen) atoms. The van der Waals surface area contributed by atoms with E-state index >= 15 is 0 Å². The van der Waals surface area contributed by atoms with Crippen LogP contribution in [0.25, 0.3) is 10.6 Å². The van der Waals surface area contributed by atoms with E-state index in [1.54, 1.807) is 30.7 Å². The highest BCUT2D eigenvalue weighted by molar-refractivity contribution is 7.99. The van der Waals surface area contributed by atoms with Crippen LogP contribution in [0.1, 0.15) is 29.1 Å². The van der Waals surface area contributed by atoms with Crippen LogP contribution in [0.3, 0.4) is 0 Å². The summed E-state index contributed by atoms with van der Waals surface area (Å²) in [4.78, 5) is 32.8. The third-order valence-corrected chi connectivity index (χ3v) is 8.24. The van der Waals surface area contributed by atoms with Gasteiger partial charge in [-0.1, -0.05) is 0 Å². The number of nitrogens with one attached hydrogen (secondary N) is 1. The van der Waals surface area contributed by atoms with Crippen molar-refractivity contribution in [1.82, 2.24) is 19.8 Å². The van der Waals surface area contributed by atoms with Crippen molar-refractivity contribution >= 4 is 40.8 Å². The van der Waals surface area contributed by atoms with E-state index in [1.165, 1.54) is 17.7 Å². The van der Waals surface area contributed by atoms with Crippen LogP contribution in [-0.4, -0.2) is 76.2 Å². The molecule has 1 saturated heterocycles. The second-order valence-electron chi connectivity index (χ2n) is 8.18. The Bertz CT molecular complexity index is 1040. The lowest BCUT2D eigenvalue weighted by molar-refractivity contribution is 0.0591. The van der Waals surface area contributed by atoms with Gasteiger partial charge in [-0.15, -0.1) is 11.3 Å². The summed E-state index contributed by atoms with van der Waals surface area (Å²) in [6, 6.07) is 3.83. The number of thioether (sulfide) groups is 1. The van der Waals surface area contributed by atoms with Gasteiger partial charge in [0.05, 0.1) is 21.7 Å². The predicted molar refractivity (Wildman–Crippen MR) is 133 cm³/mol. The molecule has 2 aliphatic rings. The molecule has 2 aromatic heterocycles. The fraction of sp³-hybridized carbons (Fsp3) is 0.455. The minimum Gasteiger partial charge on any atom is -0.404 e. The number of nitrogens with two attached hydrogens (primary N) is 1. The first-order chi connectivity index (χ1) is 15.4. The van der Waals surface area contributed by atoms with Crippen LogP contribution in [0, 0.1) is 0 Å². The van der Waals surface area contributed by atoms with Crippen LogP contribution in [0.5, 0.6) is 0 Å². The van der Waals surface area contributed by atoms with Crippen LogP contribution in [-0.2, 0) is 5.54 Å². The Labute approximate surface area is 197 Å². The number of anilines is 1. The Morgan fingerprint density at radius 2 is 2.12 bits per heavy atom. The number of aliphatic imine (C=N–C) groups is 1. The number of aromatic nitrogens is 2. The van der Waals surface area contributed by atoms with Gasteiger partial charge in [-0.3, -0.25) is 14.7 Å². The van der Waals surface area contributed by atoms with E-state index in [0.717, 1.165) is 47.2 Å². The second-order valence-corrected chi connectivity index (χ2v) is 10.5. The molecule has 0 aromatic carbocycles. The molecule has 1 amide bonds. The molecule has 0 saturated carbocycles. The highest BCUT2D eigenvalue weighted by Crippen LogP contribution is 2.45. The number of rotatable bonds is 6. The fourth-order valence-electron chi connectivity index (χ4n) is 4.03. The maximum absolute atomic E-state index is 13.3. The van der Waals surface area contributed by atoms with Crippen molar-refractivity contribution in [3.63, 3.8) is 0 Å². The van der Waals surface area contributed by atoms with Crippen molar-refractivity contribution in [1.29, 1.82) is 0 Å². The lowest BCUT2D eigenvalue weighted by Gasteiger charge is -2.35. The smallest absolute Gasteiger partial charge is 0.255 e. The summed E-state index contributed by atoms with van der Waals surface area (Å²) in [7, 11) is 1.67. The van der Waals surface area contributed by atoms with Crippen molar-refractivity contribution in [3.05, 3.63) is 41.0 Å². The van der Waals surface area contributed by atoms with Crippen molar-refractivity contribution in [2.75, 3.05) is 50.0 Å². The van der Waals surface area contributed by atoms with Gasteiger partial charge in [0, 0.05) is 55.8 Å². The minimum atomic E-state index is -0.331. The quantitative estimate of drug-likeness (QED) is 0.494. The first-order valence-corrected chi connectivity index (χ1v) is 12.6. The number of hydrogen-bond donors (Lipinski definition) is 2. The van der Waals surface area contributed by atoms with Gasteiger partial charge in [0.1, 0.15) is 5.84 Å². The maximum atomic E-state index is 13.3. The molecule has 2 aromatic rings. The standard InChI is InChI=1S/C22H29N7OS2/c1-22(2)19-15(20(30)29(22)9-8-28-10-12-31-13-11-28)14-17(32-19)16-5-7-25-21(26-16)27-18(24-3)4-6-23/h4-7,14H,8-13,23H2,1-3H3,(H,24,25,26,27). The SMILES string of the molecule is CN=C(C=CN)Nc1nccc(-c2cc3c(s2)C(C)(C)N(CCN2CCSCC2)C3=O)n1. The summed E-state index contributed by atoms with van der Waals surface area (Å²) in [6.45, 7) is 8.17. The molecule has 0 atom stereocenters. The van der Waals surface area contributed by atoms with Crippen molar-refractivity contribution < 1.29 is 4.79 Å². The largest absolute Gasteiger partial charge is 0.404 e. The molecule has 2 aliphatic heterocycles. The van der Waals surface area contributed by atoms with Gasteiger partial charge in [0.25, 0.3) is 5.91 Å². The van der Waals surface area contributed by atoms with E-state index < -0.39 is 0 Å². The van der Waals surface area contributed by atoms with E-state index in [4.69, 9.17) is 5.73 Å². The van der Waals surface area contributed by atoms with E-state index in [0.29, 0.717) is 11.8 Å². The van der Waals surface area contributed by atoms with Crippen LogP contribution in [0.15, 0.2) is 35.6 Å². The van der Waals surface area contributed by atoms with E-state index in [1.807, 2.05) is 28.8 Å². The lowest BCUT2D eigenvalue weighted by Crippen LogP contribution is -2.45. The van der Waals surface area contributed by atoms with Crippen molar-refractivity contribution in [2.24, 2.45) is 10.7 Å². The fourth-order valence-corrected chi connectivity index (χ4v) is 6.24. The van der Waals surface area contributed by atoms with Crippen LogP contribution < -0.4 is 11.1 Å². The first kappa shape index (κ1) is 22.8. The number of hydrogen-bond acceptors (Lipinski definition) is 8. The van der Waals surface area contributed by atoms with E-state index in [2.05, 4.69) is 39.0 Å². The molecule has 0 unspecified atom stereocenters. The summed E-state index contributed by atoms with van der Waals surface area (Å²) < 4.78 is 0. The third kappa shape index (κ3) is 4.53. The molecule has 170 valence electrons. The zero-order chi connectivity index (χ0) is 22.7. The summed E-state index contributed by atoms with van der Waals surface area (Å²) in [5, 5.41) is 3.05. The molecule has 0 spiro atoms. The lowest BCUT2D eigenvalue weighted by atomic mass is 10.0. The third-order valence-electron chi connectivity index (χ3n) is 5.82. The monoisotopic (exact) mass is 471 g/mol. The van der Waals surface area contributed by atoms with Gasteiger partial charge < -0.3 is 16.0 Å². The predicted octanol–water partition coefficient (Wildman–Crippen LogP) is 2.86. The van der Waals surface area contributed by atoms with Crippen LogP contribution in [0.4, 0.5) is 5.95 Å². The molecule has 0 aliphatic carbocycles. The molecule has 8 nitrogen and oxygen atoms in total. The maximum Gasteiger partial charge on any atom is 0.255 e. The zero-order valence-electron chi connectivity index (χ0n) is 18.7. The summed E-state index contributed by atoms with van der Waals surface area (Å²) in [5.74, 6) is 3.47. The number of carbonyl (C=O) groups is 1.